The lowest BCUT2D eigenvalue weighted by Crippen LogP contribution is -2.44. The number of ether oxygens (including phenoxy) is 1. The molecular weight excluding hydrogens is 528 g/mol. The fourth-order valence-corrected chi connectivity index (χ4v) is 5.35. The van der Waals surface area contributed by atoms with E-state index in [0.717, 1.165) is 19.4 Å². The molecule has 1 aromatic heterocycles. The number of rotatable bonds is 14. The normalized spacial score (nSPS) is 20.9. The highest BCUT2D eigenvalue weighted by Gasteiger charge is 2.52. The van der Waals surface area contributed by atoms with Crippen molar-refractivity contribution < 1.29 is 29.3 Å². The second kappa shape index (κ2) is 13.8. The van der Waals surface area contributed by atoms with Crippen LogP contribution in [0.5, 0.6) is 0 Å². The number of benzene rings is 1. The number of hydrogen-bond acceptors (Lipinski definition) is 9. The molecule has 0 radical (unpaired) electrons. The number of aromatic nitrogens is 3. The van der Waals surface area contributed by atoms with Gasteiger partial charge in [-0.1, -0.05) is 24.3 Å². The Hall–Kier alpha value is -3.61. The number of amides is 2. The zero-order chi connectivity index (χ0) is 29.4. The quantitative estimate of drug-likeness (QED) is 0.151. The van der Waals surface area contributed by atoms with Crippen molar-refractivity contribution in [2.75, 3.05) is 37.0 Å². The van der Waals surface area contributed by atoms with E-state index in [2.05, 4.69) is 20.9 Å². The number of unbranched alkanes of at least 4 members (excludes halogenated alkanes) is 1. The Labute approximate surface area is 239 Å². The third kappa shape index (κ3) is 7.00. The van der Waals surface area contributed by atoms with E-state index in [9.17, 15) is 19.5 Å². The predicted molar refractivity (Wildman–Crippen MR) is 152 cm³/mol. The Morgan fingerprint density at radius 1 is 1.32 bits per heavy atom. The van der Waals surface area contributed by atoms with Crippen molar-refractivity contribution in [3.8, 4) is 0 Å². The van der Waals surface area contributed by atoms with Gasteiger partial charge in [-0.3, -0.25) is 19.1 Å². The van der Waals surface area contributed by atoms with Gasteiger partial charge in [-0.15, -0.1) is 5.10 Å². The minimum atomic E-state index is -1.83. The largest absolute Gasteiger partial charge is 0.469 e. The fourth-order valence-electron chi connectivity index (χ4n) is 5.35. The number of nitrogens with one attached hydrogen (secondary N) is 2. The second-order valence-electron chi connectivity index (χ2n) is 10.6. The summed E-state index contributed by atoms with van der Waals surface area (Å²) in [6.07, 6.45) is 9.61. The third-order valence-electron chi connectivity index (χ3n) is 7.72. The Morgan fingerprint density at radius 3 is 2.88 bits per heavy atom. The molecule has 12 heteroatoms. The summed E-state index contributed by atoms with van der Waals surface area (Å²) in [4.78, 5) is 39.6. The highest BCUT2D eigenvalue weighted by atomic mass is 16.5. The molecule has 0 saturated carbocycles. The summed E-state index contributed by atoms with van der Waals surface area (Å²) in [6.45, 7) is 3.49. The van der Waals surface area contributed by atoms with E-state index in [1.54, 1.807) is 40.9 Å². The molecule has 4 rings (SSSR count). The zero-order valence-electron chi connectivity index (χ0n) is 23.7. The maximum absolute atomic E-state index is 13.8. The molecular formula is C29H40N6O6. The number of esters is 1. The Bertz CT molecular complexity index is 1260. The molecule has 4 N–H and O–H groups in total. The molecule has 2 aliphatic rings. The van der Waals surface area contributed by atoms with Gasteiger partial charge in [0.15, 0.2) is 5.60 Å². The zero-order valence-corrected chi connectivity index (χ0v) is 23.7. The average Bonchev–Trinajstić information content (AvgIpc) is 3.71. The molecule has 1 fully saturated rings. The van der Waals surface area contributed by atoms with Gasteiger partial charge < -0.3 is 30.5 Å². The van der Waals surface area contributed by atoms with Crippen LogP contribution in [-0.2, 0) is 37.7 Å². The van der Waals surface area contributed by atoms with Crippen molar-refractivity contribution in [1.29, 1.82) is 0 Å². The maximum Gasteiger partial charge on any atom is 0.305 e. The second-order valence-corrected chi connectivity index (χ2v) is 10.6. The van der Waals surface area contributed by atoms with Gasteiger partial charge in [0.25, 0.3) is 5.91 Å². The van der Waals surface area contributed by atoms with Gasteiger partial charge in [-0.2, -0.15) is 0 Å². The number of methoxy groups -OCH3 is 1. The summed E-state index contributed by atoms with van der Waals surface area (Å²) in [5, 5.41) is 35.2. The fraction of sp³-hybridized carbons (Fsp3) is 0.552. The van der Waals surface area contributed by atoms with Crippen LogP contribution >= 0.6 is 0 Å². The van der Waals surface area contributed by atoms with Crippen molar-refractivity contribution in [2.45, 2.75) is 70.1 Å². The van der Waals surface area contributed by atoms with Crippen LogP contribution in [0.3, 0.4) is 0 Å². The molecule has 1 aromatic carbocycles. The van der Waals surface area contributed by atoms with Crippen molar-refractivity contribution in [1.82, 2.24) is 20.3 Å². The van der Waals surface area contributed by atoms with Gasteiger partial charge in [-0.05, 0) is 56.8 Å². The molecule has 2 aliphatic heterocycles. The van der Waals surface area contributed by atoms with E-state index in [1.807, 2.05) is 12.2 Å². The van der Waals surface area contributed by atoms with Crippen LogP contribution in [0.4, 0.5) is 11.4 Å². The van der Waals surface area contributed by atoms with Crippen molar-refractivity contribution in [2.24, 2.45) is 5.92 Å². The maximum atomic E-state index is 13.8. The van der Waals surface area contributed by atoms with Gasteiger partial charge in [0, 0.05) is 55.9 Å². The van der Waals surface area contributed by atoms with E-state index >= 15 is 0 Å². The van der Waals surface area contributed by atoms with Gasteiger partial charge in [0.05, 0.1) is 24.5 Å². The third-order valence-corrected chi connectivity index (χ3v) is 7.72. The first-order valence-electron chi connectivity index (χ1n) is 14.2. The highest BCUT2D eigenvalue weighted by molar-refractivity contribution is 6.08. The summed E-state index contributed by atoms with van der Waals surface area (Å²) in [6, 6.07) is 4.93. The van der Waals surface area contributed by atoms with Crippen LogP contribution in [0.2, 0.25) is 0 Å². The number of hydrogen-bond donors (Lipinski definition) is 4. The number of aliphatic hydroxyl groups is 2. The summed E-state index contributed by atoms with van der Waals surface area (Å²) < 4.78 is 6.40. The van der Waals surface area contributed by atoms with Gasteiger partial charge in [0.1, 0.15) is 0 Å². The number of fused-ring (bicyclic) bond motifs is 1. The molecule has 2 amide bonds. The number of aliphatic hydroxyl groups excluding tert-OH is 1. The minimum absolute atomic E-state index is 0.00928. The van der Waals surface area contributed by atoms with E-state index in [1.165, 1.54) is 7.11 Å². The molecule has 2 aromatic rings. The van der Waals surface area contributed by atoms with Gasteiger partial charge in [0.2, 0.25) is 5.91 Å². The summed E-state index contributed by atoms with van der Waals surface area (Å²) in [5.41, 5.74) is 0.427. The lowest BCUT2D eigenvalue weighted by molar-refractivity contribution is -0.140. The summed E-state index contributed by atoms with van der Waals surface area (Å²) in [5.74, 6) is -1.45. The molecule has 3 heterocycles. The van der Waals surface area contributed by atoms with Crippen LogP contribution in [0.15, 0.2) is 36.5 Å². The molecule has 1 saturated heterocycles. The van der Waals surface area contributed by atoms with E-state index in [-0.39, 0.29) is 30.9 Å². The molecule has 3 atom stereocenters. The predicted octanol–water partition coefficient (Wildman–Crippen LogP) is 1.66. The Balaban J connectivity index is 1.51. The Kier molecular flexibility index (Phi) is 10.2. The van der Waals surface area contributed by atoms with E-state index in [0.29, 0.717) is 61.4 Å². The van der Waals surface area contributed by atoms with Crippen LogP contribution in [0.25, 0.3) is 0 Å². The van der Waals surface area contributed by atoms with E-state index in [4.69, 9.17) is 9.84 Å². The number of carbonyl (C=O) groups excluding carboxylic acids is 3. The highest BCUT2D eigenvalue weighted by Crippen LogP contribution is 2.46. The first kappa shape index (κ1) is 30.4. The van der Waals surface area contributed by atoms with Crippen molar-refractivity contribution in [3.05, 3.63) is 47.8 Å². The number of anilines is 2. The first-order valence-corrected chi connectivity index (χ1v) is 14.2. The molecule has 0 bridgehead atoms. The van der Waals surface area contributed by atoms with Crippen molar-refractivity contribution >= 4 is 29.2 Å². The standard InChI is InChI=1S/C29H40N6O6/c1-20(8-3-5-15-34-19-22(13-17-36)32-33-34)29(40)23-18-21(31-27(38)24-9-7-14-30-24)11-12-25(23)35(28(29)39)16-6-4-10-26(37)41-2/h3,8,11-12,18-20,24,30,36,40H,4-7,9-10,13-17H2,1-2H3,(H,31,38)/b8-3+/t20-,24-,29+/m1/s1. The number of aryl methyl sites for hydroxylation is 1. The molecule has 0 aliphatic carbocycles. The molecule has 12 nitrogen and oxygen atoms in total. The minimum Gasteiger partial charge on any atom is -0.469 e. The molecule has 0 spiro atoms. The van der Waals surface area contributed by atoms with Crippen LogP contribution in [-0.4, -0.2) is 75.8 Å². The lowest BCUT2D eigenvalue weighted by Gasteiger charge is -2.28. The molecule has 222 valence electrons. The summed E-state index contributed by atoms with van der Waals surface area (Å²) >= 11 is 0. The Morgan fingerprint density at radius 2 is 2.15 bits per heavy atom. The van der Waals surface area contributed by atoms with Gasteiger partial charge in [-0.25, -0.2) is 0 Å². The van der Waals surface area contributed by atoms with Crippen LogP contribution in [0.1, 0.15) is 56.7 Å². The van der Waals surface area contributed by atoms with E-state index < -0.39 is 17.4 Å². The van der Waals surface area contributed by atoms with Crippen LogP contribution in [0, 0.1) is 5.92 Å². The topological polar surface area (TPSA) is 159 Å². The average molecular weight is 569 g/mol. The lowest BCUT2D eigenvalue weighted by atomic mass is 9.82. The number of carbonyl (C=O) groups is 3. The monoisotopic (exact) mass is 568 g/mol. The number of allylic oxidation sites excluding steroid dienone is 1. The van der Waals surface area contributed by atoms with Gasteiger partial charge >= 0.3 is 5.97 Å². The summed E-state index contributed by atoms with van der Waals surface area (Å²) in [7, 11) is 1.34. The smallest absolute Gasteiger partial charge is 0.305 e. The number of nitrogens with zero attached hydrogens (tertiary/aromatic N) is 4. The first-order chi connectivity index (χ1) is 19.8. The van der Waals surface area contributed by atoms with Crippen LogP contribution < -0.4 is 15.5 Å². The molecule has 41 heavy (non-hydrogen) atoms. The SMILES string of the molecule is COC(=O)CCCCN1C(=O)[C@](O)([C@H](C)/C=C/CCn2cc(CCO)nn2)c2cc(NC(=O)[C@H]3CCCN3)ccc21. The van der Waals surface area contributed by atoms with Crippen molar-refractivity contribution in [3.63, 3.8) is 0 Å². The molecule has 0 unspecified atom stereocenters.